The molecule has 12 heavy (non-hydrogen) atoms. The van der Waals surface area contributed by atoms with Gasteiger partial charge in [-0.2, -0.15) is 4.89 Å². The van der Waals surface area contributed by atoms with Gasteiger partial charge < -0.3 is 0 Å². The lowest BCUT2D eigenvalue weighted by molar-refractivity contribution is -0.280. The molecule has 3 atom stereocenters. The number of rotatable bonds is 2. The maximum absolute atomic E-state index is 12.9. The molecule has 1 fully saturated rings. The fourth-order valence-corrected chi connectivity index (χ4v) is 1.45. The second kappa shape index (κ2) is 4.54. The van der Waals surface area contributed by atoms with Crippen LogP contribution in [0.3, 0.4) is 0 Å². The Bertz CT molecular complexity index is 180. The summed E-state index contributed by atoms with van der Waals surface area (Å²) in [4.78, 5) is 8.99. The zero-order chi connectivity index (χ0) is 8.97. The maximum Gasteiger partial charge on any atom is 0.153 e. The van der Waals surface area contributed by atoms with E-state index in [-0.39, 0.29) is 12.5 Å². The fraction of sp³-hybridized carbons (Fsp3) is 0.750. The number of halogens is 2. The van der Waals surface area contributed by atoms with Gasteiger partial charge in [0.05, 0.1) is 5.38 Å². The van der Waals surface area contributed by atoms with Crippen LogP contribution in [0.2, 0.25) is 0 Å². The first-order valence-electron chi connectivity index (χ1n) is 3.80. The molecule has 0 aliphatic heterocycles. The van der Waals surface area contributed by atoms with E-state index in [1.54, 1.807) is 0 Å². The van der Waals surface area contributed by atoms with Crippen molar-refractivity contribution in [3.8, 4) is 12.5 Å². The third-order valence-electron chi connectivity index (χ3n) is 1.88. The van der Waals surface area contributed by atoms with Gasteiger partial charge in [0.1, 0.15) is 12.3 Å². The normalized spacial score (nSPS) is 35.6. The summed E-state index contributed by atoms with van der Waals surface area (Å²) in [6.07, 6.45) is 6.92. The summed E-state index contributed by atoms with van der Waals surface area (Å²) in [5, 5.41) is -0.393. The van der Waals surface area contributed by atoms with Gasteiger partial charge >= 0.3 is 0 Å². The molecule has 0 spiro atoms. The van der Waals surface area contributed by atoms with Crippen molar-refractivity contribution in [2.75, 3.05) is 0 Å². The molecule has 68 valence electrons. The van der Waals surface area contributed by atoms with Crippen molar-refractivity contribution in [2.24, 2.45) is 0 Å². The molecule has 0 heterocycles. The molecule has 0 amide bonds. The predicted molar refractivity (Wildman–Crippen MR) is 43.2 cm³/mol. The number of terminal acetylenes is 1. The quantitative estimate of drug-likeness (QED) is 0.289. The van der Waals surface area contributed by atoms with Crippen LogP contribution in [0.5, 0.6) is 0 Å². The zero-order valence-electron chi connectivity index (χ0n) is 6.50. The lowest BCUT2D eigenvalue weighted by Crippen LogP contribution is -2.31. The van der Waals surface area contributed by atoms with E-state index in [9.17, 15) is 4.39 Å². The molecule has 1 rings (SSSR count). The Balaban J connectivity index is 2.26. The Morgan fingerprint density at radius 3 is 2.83 bits per heavy atom. The molecule has 0 aromatic heterocycles. The Morgan fingerprint density at radius 1 is 1.50 bits per heavy atom. The highest BCUT2D eigenvalue weighted by Crippen LogP contribution is 2.27. The zero-order valence-corrected chi connectivity index (χ0v) is 7.26. The van der Waals surface area contributed by atoms with Gasteiger partial charge in [-0.15, -0.1) is 11.6 Å². The van der Waals surface area contributed by atoms with E-state index in [0.717, 1.165) is 0 Å². The van der Waals surface area contributed by atoms with Gasteiger partial charge in [0.15, 0.2) is 6.11 Å². The maximum atomic E-state index is 12.9. The lowest BCUT2D eigenvalue weighted by atomic mass is 9.96. The summed E-state index contributed by atoms with van der Waals surface area (Å²) in [6, 6.07) is 0. The van der Waals surface area contributed by atoms with Crippen LogP contribution in [0.25, 0.3) is 0 Å². The smallest absolute Gasteiger partial charge is 0.153 e. The van der Waals surface area contributed by atoms with Crippen molar-refractivity contribution in [2.45, 2.75) is 36.9 Å². The third-order valence-corrected chi connectivity index (χ3v) is 2.37. The van der Waals surface area contributed by atoms with Crippen LogP contribution in [0.15, 0.2) is 0 Å². The van der Waals surface area contributed by atoms with Crippen molar-refractivity contribution in [3.05, 3.63) is 0 Å². The van der Waals surface area contributed by atoms with Crippen LogP contribution in [-0.4, -0.2) is 17.7 Å². The molecular weight excluding hydrogens is 183 g/mol. The number of hydrogen-bond donors (Lipinski definition) is 0. The molecular formula is C8H10ClFO2. The molecule has 0 aromatic carbocycles. The van der Waals surface area contributed by atoms with Crippen molar-refractivity contribution >= 4 is 11.6 Å². The van der Waals surface area contributed by atoms with Gasteiger partial charge in [0.25, 0.3) is 0 Å². The minimum absolute atomic E-state index is 0.258. The average molecular weight is 193 g/mol. The summed E-state index contributed by atoms with van der Waals surface area (Å²) in [7, 11) is 0. The molecule has 0 aromatic rings. The van der Waals surface area contributed by atoms with E-state index in [1.807, 2.05) is 6.11 Å². The first-order valence-corrected chi connectivity index (χ1v) is 4.23. The second-order valence-corrected chi connectivity index (χ2v) is 3.33. The summed E-state index contributed by atoms with van der Waals surface area (Å²) in [5.74, 6) is 0. The van der Waals surface area contributed by atoms with Crippen LogP contribution in [0, 0.1) is 12.5 Å². The van der Waals surface area contributed by atoms with E-state index < -0.39 is 11.5 Å². The highest BCUT2D eigenvalue weighted by atomic mass is 35.5. The first-order chi connectivity index (χ1) is 5.74. The fourth-order valence-electron chi connectivity index (χ4n) is 1.23. The molecule has 3 unspecified atom stereocenters. The largest absolute Gasteiger partial charge is 0.282 e. The third kappa shape index (κ3) is 2.54. The van der Waals surface area contributed by atoms with Crippen molar-refractivity contribution in [3.63, 3.8) is 0 Å². The Labute approximate surface area is 75.9 Å². The summed E-state index contributed by atoms with van der Waals surface area (Å²) < 4.78 is 12.9. The minimum Gasteiger partial charge on any atom is -0.282 e. The average Bonchev–Trinajstić information content (AvgIpc) is 2.07. The monoisotopic (exact) mass is 192 g/mol. The first kappa shape index (κ1) is 9.63. The van der Waals surface area contributed by atoms with Crippen LogP contribution in [-0.2, 0) is 9.78 Å². The highest BCUT2D eigenvalue weighted by molar-refractivity contribution is 6.21. The van der Waals surface area contributed by atoms with Crippen molar-refractivity contribution < 1.29 is 14.2 Å². The van der Waals surface area contributed by atoms with Gasteiger partial charge in [0.2, 0.25) is 0 Å². The van der Waals surface area contributed by atoms with Crippen LogP contribution < -0.4 is 0 Å². The topological polar surface area (TPSA) is 18.5 Å². The standard InChI is InChI=1S/C8H10ClFO2/c1-2-11-12-6-3-4-7(9)8(10)5-6/h1,6-8H,3-5H2. The highest BCUT2D eigenvalue weighted by Gasteiger charge is 2.30. The summed E-state index contributed by atoms with van der Waals surface area (Å²) in [5.41, 5.74) is 0. The molecule has 0 radical (unpaired) electrons. The molecule has 1 aliphatic carbocycles. The summed E-state index contributed by atoms with van der Waals surface area (Å²) >= 11 is 5.65. The van der Waals surface area contributed by atoms with Crippen molar-refractivity contribution in [1.29, 1.82) is 0 Å². The molecule has 4 heteroatoms. The van der Waals surface area contributed by atoms with Gasteiger partial charge in [-0.3, -0.25) is 4.89 Å². The van der Waals surface area contributed by atoms with E-state index in [4.69, 9.17) is 22.9 Å². The molecule has 0 bridgehead atoms. The number of hydrogen-bond acceptors (Lipinski definition) is 2. The molecule has 2 nitrogen and oxygen atoms in total. The van der Waals surface area contributed by atoms with E-state index in [0.29, 0.717) is 12.8 Å². The molecule has 0 N–H and O–H groups in total. The van der Waals surface area contributed by atoms with Crippen LogP contribution in [0.1, 0.15) is 19.3 Å². The molecule has 1 aliphatic rings. The predicted octanol–water partition coefficient (Wildman–Crippen LogP) is 2.02. The van der Waals surface area contributed by atoms with Crippen LogP contribution >= 0.6 is 11.6 Å². The van der Waals surface area contributed by atoms with Gasteiger partial charge in [-0.1, -0.05) is 6.42 Å². The molecule has 0 saturated heterocycles. The van der Waals surface area contributed by atoms with Gasteiger partial charge in [0, 0.05) is 6.42 Å². The van der Waals surface area contributed by atoms with E-state index in [1.165, 1.54) is 0 Å². The SMILES string of the molecule is C#COOC1CCC(Cl)C(F)C1. The Hall–Kier alpha value is -0.460. The van der Waals surface area contributed by atoms with Gasteiger partial charge in [-0.05, 0) is 12.8 Å². The Kier molecular flexibility index (Phi) is 3.64. The van der Waals surface area contributed by atoms with E-state index in [2.05, 4.69) is 4.89 Å². The summed E-state index contributed by atoms with van der Waals surface area (Å²) in [6.45, 7) is 0. The van der Waals surface area contributed by atoms with Gasteiger partial charge in [-0.25, -0.2) is 4.39 Å². The van der Waals surface area contributed by atoms with Crippen molar-refractivity contribution in [1.82, 2.24) is 0 Å². The lowest BCUT2D eigenvalue weighted by Gasteiger charge is -2.25. The van der Waals surface area contributed by atoms with Crippen LogP contribution in [0.4, 0.5) is 4.39 Å². The molecule has 1 saturated carbocycles. The number of alkyl halides is 2. The van der Waals surface area contributed by atoms with E-state index >= 15 is 0 Å². The minimum atomic E-state index is -1.02. The Morgan fingerprint density at radius 2 is 2.25 bits per heavy atom. The second-order valence-electron chi connectivity index (χ2n) is 2.76.